The minimum atomic E-state index is -5.77. The predicted molar refractivity (Wildman–Crippen MR) is 101 cm³/mol. The normalized spacial score (nSPS) is 19.0. The Balaban J connectivity index is 1.45. The van der Waals surface area contributed by atoms with Crippen LogP contribution in [-0.2, 0) is 4.74 Å². The first-order chi connectivity index (χ1) is 15.4. The Kier molecular flexibility index (Phi) is 5.69. The molecule has 33 heavy (non-hydrogen) atoms. The van der Waals surface area contributed by atoms with Crippen molar-refractivity contribution in [3.63, 3.8) is 0 Å². The van der Waals surface area contributed by atoms with E-state index in [1.165, 1.54) is 6.20 Å². The summed E-state index contributed by atoms with van der Waals surface area (Å²) in [6.45, 7) is 0.198. The number of carbonyl (C=O) groups excluding carboxylic acids is 2. The van der Waals surface area contributed by atoms with Crippen LogP contribution in [0.5, 0.6) is 0 Å². The highest BCUT2D eigenvalue weighted by Crippen LogP contribution is 2.40. The first-order valence-electron chi connectivity index (χ1n) is 10.3. The summed E-state index contributed by atoms with van der Waals surface area (Å²) in [5, 5.41) is 0. The largest absolute Gasteiger partial charge is 0.434 e. The van der Waals surface area contributed by atoms with Crippen molar-refractivity contribution in [2.45, 2.75) is 49.7 Å². The van der Waals surface area contributed by atoms with Crippen molar-refractivity contribution in [1.82, 2.24) is 19.2 Å². The number of imidazole rings is 1. The fourth-order valence-corrected chi connectivity index (χ4v) is 4.60. The molecule has 2 aliphatic rings. The lowest BCUT2D eigenvalue weighted by Gasteiger charge is -2.44. The van der Waals surface area contributed by atoms with Gasteiger partial charge in [0.05, 0.1) is 6.20 Å². The third-order valence-corrected chi connectivity index (χ3v) is 6.24. The summed E-state index contributed by atoms with van der Waals surface area (Å²) in [4.78, 5) is 32.1. The summed E-state index contributed by atoms with van der Waals surface area (Å²) in [6, 6.07) is 5.28. The second kappa shape index (κ2) is 8.10. The van der Waals surface area contributed by atoms with Gasteiger partial charge in [-0.25, -0.2) is 9.78 Å². The van der Waals surface area contributed by atoms with Crippen LogP contribution in [0.2, 0.25) is 0 Å². The van der Waals surface area contributed by atoms with Gasteiger partial charge < -0.3 is 14.5 Å². The minimum absolute atomic E-state index is 0.127. The highest BCUT2D eigenvalue weighted by molar-refractivity contribution is 5.94. The van der Waals surface area contributed by atoms with Gasteiger partial charge in [-0.3, -0.25) is 9.20 Å². The Hall–Kier alpha value is -2.99. The van der Waals surface area contributed by atoms with E-state index in [0.717, 1.165) is 4.90 Å². The highest BCUT2D eigenvalue weighted by atomic mass is 19.4. The van der Waals surface area contributed by atoms with Crippen LogP contribution in [0, 0.1) is 0 Å². The number of pyridine rings is 1. The molecule has 1 spiro atoms. The Morgan fingerprint density at radius 1 is 1.00 bits per heavy atom. The van der Waals surface area contributed by atoms with Crippen LogP contribution in [0.3, 0.4) is 0 Å². The van der Waals surface area contributed by atoms with Gasteiger partial charge in [0.15, 0.2) is 0 Å². The quantitative estimate of drug-likeness (QED) is 0.612. The van der Waals surface area contributed by atoms with E-state index in [2.05, 4.69) is 9.72 Å². The van der Waals surface area contributed by atoms with Crippen LogP contribution >= 0.6 is 0 Å². The number of piperidine rings is 1. The van der Waals surface area contributed by atoms with Crippen LogP contribution in [0.25, 0.3) is 5.65 Å². The summed E-state index contributed by atoms with van der Waals surface area (Å²) in [5.41, 5.74) is 0.308. The SMILES string of the molecule is O=C(OC(C(F)(F)F)C(F)(F)F)N1CCC2(CCCN2C(=O)c2cnc3ccccn23)CC1. The smallest absolute Gasteiger partial charge is 0.426 e. The maximum absolute atomic E-state index is 13.3. The molecule has 0 radical (unpaired) electrons. The monoisotopic (exact) mass is 478 g/mol. The predicted octanol–water partition coefficient (Wildman–Crippen LogP) is 4.03. The van der Waals surface area contributed by atoms with Gasteiger partial charge in [0, 0.05) is 31.4 Å². The third-order valence-electron chi connectivity index (χ3n) is 6.24. The molecule has 0 bridgehead atoms. The average molecular weight is 478 g/mol. The van der Waals surface area contributed by atoms with E-state index in [9.17, 15) is 35.9 Å². The van der Waals surface area contributed by atoms with E-state index in [-0.39, 0.29) is 31.8 Å². The minimum Gasteiger partial charge on any atom is -0.426 e. The second-order valence-electron chi connectivity index (χ2n) is 8.19. The number of halogens is 6. The Labute approximate surface area is 183 Å². The fraction of sp³-hybridized carbons (Fsp3) is 0.550. The topological polar surface area (TPSA) is 67.2 Å². The number of hydrogen-bond donors (Lipinski definition) is 0. The number of fused-ring (bicyclic) bond motifs is 1. The van der Waals surface area contributed by atoms with Crippen LogP contribution in [0.1, 0.15) is 36.2 Å². The van der Waals surface area contributed by atoms with Crippen molar-refractivity contribution in [2.75, 3.05) is 19.6 Å². The number of nitrogens with zero attached hydrogens (tertiary/aromatic N) is 4. The number of rotatable bonds is 2. The number of alkyl halides is 6. The van der Waals surface area contributed by atoms with Crippen molar-refractivity contribution in [3.05, 3.63) is 36.3 Å². The van der Waals surface area contributed by atoms with E-state index < -0.39 is 30.1 Å². The highest BCUT2D eigenvalue weighted by Gasteiger charge is 2.60. The van der Waals surface area contributed by atoms with Gasteiger partial charge in [-0.1, -0.05) is 6.07 Å². The molecule has 0 N–H and O–H groups in total. The summed E-state index contributed by atoms with van der Waals surface area (Å²) in [5.74, 6) is -0.267. The molecular weight excluding hydrogens is 458 g/mol. The molecule has 2 aromatic heterocycles. The van der Waals surface area contributed by atoms with Crippen molar-refractivity contribution in [3.8, 4) is 0 Å². The maximum Gasteiger partial charge on any atom is 0.434 e. The molecule has 13 heteroatoms. The van der Waals surface area contributed by atoms with Gasteiger partial charge >= 0.3 is 18.4 Å². The molecule has 2 amide bonds. The van der Waals surface area contributed by atoms with Crippen molar-refractivity contribution in [2.24, 2.45) is 0 Å². The molecule has 0 atom stereocenters. The van der Waals surface area contributed by atoms with Gasteiger partial charge in [0.25, 0.3) is 12.0 Å². The van der Waals surface area contributed by atoms with Crippen LogP contribution in [0.4, 0.5) is 31.1 Å². The van der Waals surface area contributed by atoms with E-state index >= 15 is 0 Å². The van der Waals surface area contributed by atoms with E-state index in [1.807, 2.05) is 0 Å². The second-order valence-corrected chi connectivity index (χ2v) is 8.19. The fourth-order valence-electron chi connectivity index (χ4n) is 4.60. The molecular formula is C20H20F6N4O3. The third kappa shape index (κ3) is 4.32. The zero-order valence-corrected chi connectivity index (χ0v) is 17.2. The molecule has 2 saturated heterocycles. The molecule has 0 saturated carbocycles. The Morgan fingerprint density at radius 3 is 2.30 bits per heavy atom. The lowest BCUT2D eigenvalue weighted by atomic mass is 9.85. The van der Waals surface area contributed by atoms with Gasteiger partial charge in [-0.2, -0.15) is 26.3 Å². The average Bonchev–Trinajstić information content (AvgIpc) is 3.35. The molecule has 2 fully saturated rings. The van der Waals surface area contributed by atoms with Gasteiger partial charge in [-0.15, -0.1) is 0 Å². The number of aromatic nitrogens is 2. The lowest BCUT2D eigenvalue weighted by Crippen LogP contribution is -2.56. The van der Waals surface area contributed by atoms with Crippen LogP contribution in [-0.4, -0.2) is 74.8 Å². The molecule has 0 unspecified atom stereocenters. The molecule has 7 nitrogen and oxygen atoms in total. The van der Waals surface area contributed by atoms with Crippen LogP contribution in [0.15, 0.2) is 30.6 Å². The van der Waals surface area contributed by atoms with Gasteiger partial charge in [-0.05, 0) is 37.8 Å². The molecule has 4 heterocycles. The Bertz CT molecular complexity index is 1030. The summed E-state index contributed by atoms with van der Waals surface area (Å²) < 4.78 is 81.7. The van der Waals surface area contributed by atoms with Gasteiger partial charge in [0.2, 0.25) is 0 Å². The maximum atomic E-state index is 13.3. The van der Waals surface area contributed by atoms with E-state index in [0.29, 0.717) is 30.7 Å². The van der Waals surface area contributed by atoms with Crippen molar-refractivity contribution in [1.29, 1.82) is 0 Å². The summed E-state index contributed by atoms with van der Waals surface area (Å²) in [6.07, 6.45) is -12.5. The summed E-state index contributed by atoms with van der Waals surface area (Å²) in [7, 11) is 0. The number of likely N-dealkylation sites (tertiary alicyclic amines) is 2. The number of hydrogen-bond acceptors (Lipinski definition) is 4. The molecule has 0 aliphatic carbocycles. The number of carbonyl (C=O) groups is 2. The number of ether oxygens (including phenoxy) is 1. The molecule has 2 aliphatic heterocycles. The van der Waals surface area contributed by atoms with Crippen molar-refractivity contribution < 1.29 is 40.7 Å². The lowest BCUT2D eigenvalue weighted by molar-refractivity contribution is -0.308. The first kappa shape index (κ1) is 23.2. The number of amides is 2. The molecule has 4 rings (SSSR count). The summed E-state index contributed by atoms with van der Waals surface area (Å²) >= 11 is 0. The first-order valence-corrected chi connectivity index (χ1v) is 10.3. The van der Waals surface area contributed by atoms with Crippen molar-refractivity contribution >= 4 is 17.6 Å². The van der Waals surface area contributed by atoms with Gasteiger partial charge in [0.1, 0.15) is 11.3 Å². The van der Waals surface area contributed by atoms with E-state index in [1.54, 1.807) is 33.7 Å². The molecule has 180 valence electrons. The zero-order chi connectivity index (χ0) is 24.0. The van der Waals surface area contributed by atoms with Crippen LogP contribution < -0.4 is 0 Å². The standard InChI is InChI=1S/C20H20F6N4O3/c21-19(22,23)16(20(24,25)26)33-17(32)28-10-6-18(7-11-28)5-3-9-30(18)15(31)13-12-27-14-4-1-2-8-29(13)14/h1-2,4,8,12,16H,3,5-7,9-11H2. The molecule has 2 aromatic rings. The molecule has 0 aromatic carbocycles. The Morgan fingerprint density at radius 2 is 1.67 bits per heavy atom. The van der Waals surface area contributed by atoms with E-state index in [4.69, 9.17) is 0 Å². The zero-order valence-electron chi connectivity index (χ0n) is 17.2.